The summed E-state index contributed by atoms with van der Waals surface area (Å²) in [7, 11) is 0. The Morgan fingerprint density at radius 1 is 1.67 bits per heavy atom. The molecule has 54 valence electrons. The molecule has 3 nitrogen and oxygen atoms in total. The minimum absolute atomic E-state index is 0.232. The van der Waals surface area contributed by atoms with Gasteiger partial charge in [-0.05, 0) is 6.92 Å². The van der Waals surface area contributed by atoms with Crippen molar-refractivity contribution in [1.29, 1.82) is 0 Å². The molecule has 0 saturated carbocycles. The number of hydrogen-bond acceptors (Lipinski definition) is 3. The Morgan fingerprint density at radius 3 is 2.67 bits per heavy atom. The van der Waals surface area contributed by atoms with Crippen molar-refractivity contribution in [3.63, 3.8) is 0 Å². The predicted molar refractivity (Wildman–Crippen MR) is 36.4 cm³/mol. The third-order valence-electron chi connectivity index (χ3n) is 1.69. The van der Waals surface area contributed by atoms with Crippen LogP contribution in [0.25, 0.3) is 0 Å². The molecular weight excluding hydrogens is 116 g/mol. The molecule has 1 aliphatic heterocycles. The second-order valence-electron chi connectivity index (χ2n) is 2.81. The molecule has 0 aromatic rings. The maximum absolute atomic E-state index is 8.47. The molecule has 0 bridgehead atoms. The summed E-state index contributed by atoms with van der Waals surface area (Å²) >= 11 is 0. The van der Waals surface area contributed by atoms with Crippen molar-refractivity contribution in [2.24, 2.45) is 0 Å². The van der Waals surface area contributed by atoms with Gasteiger partial charge < -0.3 is 15.7 Å². The van der Waals surface area contributed by atoms with E-state index >= 15 is 0 Å². The highest BCUT2D eigenvalue weighted by molar-refractivity contribution is 4.95. The largest absolute Gasteiger partial charge is 0.395 e. The van der Waals surface area contributed by atoms with Crippen molar-refractivity contribution in [3.05, 3.63) is 0 Å². The zero-order valence-electron chi connectivity index (χ0n) is 5.78. The molecule has 1 saturated heterocycles. The molecule has 0 aliphatic carbocycles. The average molecular weight is 130 g/mol. The number of aliphatic hydroxyl groups excluding tert-OH is 1. The molecule has 0 aromatic heterocycles. The van der Waals surface area contributed by atoms with Gasteiger partial charge in [-0.2, -0.15) is 0 Å². The van der Waals surface area contributed by atoms with Gasteiger partial charge in [0.2, 0.25) is 0 Å². The topological polar surface area (TPSA) is 44.3 Å². The Bertz CT molecular complexity index is 91.1. The Labute approximate surface area is 55.5 Å². The third kappa shape index (κ3) is 1.64. The minimum atomic E-state index is 0.232. The highest BCUT2D eigenvalue weighted by atomic mass is 16.3. The van der Waals surface area contributed by atoms with Gasteiger partial charge in [-0.3, -0.25) is 0 Å². The van der Waals surface area contributed by atoms with E-state index < -0.39 is 0 Å². The van der Waals surface area contributed by atoms with Crippen LogP contribution in [0.1, 0.15) is 6.92 Å². The first-order valence-corrected chi connectivity index (χ1v) is 3.33. The van der Waals surface area contributed by atoms with E-state index in [4.69, 9.17) is 5.11 Å². The molecule has 1 aliphatic rings. The summed E-state index contributed by atoms with van der Waals surface area (Å²) in [6, 6.07) is 0. The molecule has 9 heavy (non-hydrogen) atoms. The lowest BCUT2D eigenvalue weighted by molar-refractivity contribution is 0.208. The minimum Gasteiger partial charge on any atom is -0.395 e. The van der Waals surface area contributed by atoms with E-state index in [0.29, 0.717) is 6.54 Å². The van der Waals surface area contributed by atoms with Crippen LogP contribution in [-0.4, -0.2) is 36.9 Å². The molecule has 1 heterocycles. The first kappa shape index (κ1) is 6.99. The van der Waals surface area contributed by atoms with Gasteiger partial charge in [0.15, 0.2) is 0 Å². The van der Waals surface area contributed by atoms with Crippen LogP contribution in [0.2, 0.25) is 0 Å². The Hall–Kier alpha value is -0.120. The molecular formula is C6H14N2O. The fourth-order valence-electron chi connectivity index (χ4n) is 0.983. The summed E-state index contributed by atoms with van der Waals surface area (Å²) in [4.78, 5) is 0. The van der Waals surface area contributed by atoms with E-state index in [-0.39, 0.29) is 12.1 Å². The van der Waals surface area contributed by atoms with E-state index in [2.05, 4.69) is 17.6 Å². The predicted octanol–water partition coefficient (Wildman–Crippen LogP) is -1.07. The third-order valence-corrected chi connectivity index (χ3v) is 1.69. The van der Waals surface area contributed by atoms with Crippen LogP contribution >= 0.6 is 0 Å². The molecule has 0 aromatic carbocycles. The van der Waals surface area contributed by atoms with Gasteiger partial charge in [-0.1, -0.05) is 0 Å². The standard InChI is InChI=1S/C6H14N2O/c1-6(4-7-5-6)8-2-3-9/h7-9H,2-5H2,1H3. The van der Waals surface area contributed by atoms with Crippen LogP contribution in [0.4, 0.5) is 0 Å². The molecule has 0 radical (unpaired) electrons. The van der Waals surface area contributed by atoms with Crippen LogP contribution in [0.15, 0.2) is 0 Å². The van der Waals surface area contributed by atoms with Gasteiger partial charge in [0, 0.05) is 25.2 Å². The molecule has 1 rings (SSSR count). The fourth-order valence-corrected chi connectivity index (χ4v) is 0.983. The monoisotopic (exact) mass is 130 g/mol. The average Bonchev–Trinajstić information content (AvgIpc) is 1.79. The van der Waals surface area contributed by atoms with E-state index in [1.54, 1.807) is 0 Å². The van der Waals surface area contributed by atoms with Crippen molar-refractivity contribution in [3.8, 4) is 0 Å². The first-order valence-electron chi connectivity index (χ1n) is 3.33. The summed E-state index contributed by atoms with van der Waals surface area (Å²) in [5, 5.41) is 14.9. The molecule has 3 N–H and O–H groups in total. The quantitative estimate of drug-likeness (QED) is 0.456. The number of nitrogens with one attached hydrogen (secondary N) is 2. The van der Waals surface area contributed by atoms with Gasteiger partial charge in [0.25, 0.3) is 0 Å². The summed E-state index contributed by atoms with van der Waals surface area (Å²) < 4.78 is 0. The zero-order valence-corrected chi connectivity index (χ0v) is 5.78. The van der Waals surface area contributed by atoms with Crippen LogP contribution in [0.3, 0.4) is 0 Å². The molecule has 1 fully saturated rings. The van der Waals surface area contributed by atoms with E-state index in [1.807, 2.05) is 0 Å². The second-order valence-corrected chi connectivity index (χ2v) is 2.81. The lowest BCUT2D eigenvalue weighted by atomic mass is 9.95. The number of rotatable bonds is 3. The summed E-state index contributed by atoms with van der Waals surface area (Å²) in [6.45, 7) is 5.13. The molecule has 0 unspecified atom stereocenters. The summed E-state index contributed by atoms with van der Waals surface area (Å²) in [6.07, 6.45) is 0. The maximum Gasteiger partial charge on any atom is 0.0556 e. The highest BCUT2D eigenvalue weighted by Gasteiger charge is 2.29. The molecule has 0 atom stereocenters. The van der Waals surface area contributed by atoms with Crippen molar-refractivity contribution in [2.75, 3.05) is 26.2 Å². The molecule has 0 amide bonds. The van der Waals surface area contributed by atoms with Crippen LogP contribution in [0.5, 0.6) is 0 Å². The van der Waals surface area contributed by atoms with Crippen LogP contribution < -0.4 is 10.6 Å². The number of aliphatic hydroxyl groups is 1. The van der Waals surface area contributed by atoms with E-state index in [0.717, 1.165) is 13.1 Å². The van der Waals surface area contributed by atoms with Crippen LogP contribution in [0, 0.1) is 0 Å². The normalized spacial score (nSPS) is 23.3. The van der Waals surface area contributed by atoms with E-state index in [1.165, 1.54) is 0 Å². The van der Waals surface area contributed by atoms with Gasteiger partial charge in [-0.15, -0.1) is 0 Å². The van der Waals surface area contributed by atoms with Crippen molar-refractivity contribution >= 4 is 0 Å². The molecule has 3 heteroatoms. The van der Waals surface area contributed by atoms with Crippen LogP contribution in [-0.2, 0) is 0 Å². The van der Waals surface area contributed by atoms with Gasteiger partial charge >= 0.3 is 0 Å². The zero-order chi connectivity index (χ0) is 6.74. The molecule has 0 spiro atoms. The summed E-state index contributed by atoms with van der Waals surface area (Å²) in [5.41, 5.74) is 0.253. The lowest BCUT2D eigenvalue weighted by Gasteiger charge is -2.40. The van der Waals surface area contributed by atoms with Crippen molar-refractivity contribution in [1.82, 2.24) is 10.6 Å². The first-order chi connectivity index (χ1) is 4.27. The fraction of sp³-hybridized carbons (Fsp3) is 1.00. The van der Waals surface area contributed by atoms with E-state index in [9.17, 15) is 0 Å². The number of β-amino-alcohol motifs (C(OH)–C–C–N with tert-alkyl or cyclic N) is 1. The Morgan fingerprint density at radius 2 is 2.33 bits per heavy atom. The summed E-state index contributed by atoms with van der Waals surface area (Å²) in [5.74, 6) is 0. The SMILES string of the molecule is CC1(NCCO)CNC1. The van der Waals surface area contributed by atoms with Crippen molar-refractivity contribution in [2.45, 2.75) is 12.5 Å². The number of hydrogen-bond donors (Lipinski definition) is 3. The Kier molecular flexibility index (Phi) is 2.05. The smallest absolute Gasteiger partial charge is 0.0556 e. The lowest BCUT2D eigenvalue weighted by Crippen LogP contribution is -2.66. The second kappa shape index (κ2) is 2.64. The maximum atomic E-state index is 8.47. The van der Waals surface area contributed by atoms with Gasteiger partial charge in [0.1, 0.15) is 0 Å². The van der Waals surface area contributed by atoms with Gasteiger partial charge in [0.05, 0.1) is 6.61 Å². The highest BCUT2D eigenvalue weighted by Crippen LogP contribution is 2.07. The van der Waals surface area contributed by atoms with Crippen molar-refractivity contribution < 1.29 is 5.11 Å². The Balaban J connectivity index is 2.09. The van der Waals surface area contributed by atoms with Gasteiger partial charge in [-0.25, -0.2) is 0 Å².